The molecule has 7 heteroatoms. The van der Waals surface area contributed by atoms with Gasteiger partial charge in [0.25, 0.3) is 0 Å². The van der Waals surface area contributed by atoms with Crippen LogP contribution >= 0.6 is 0 Å². The van der Waals surface area contributed by atoms with E-state index in [9.17, 15) is 9.59 Å². The van der Waals surface area contributed by atoms with Crippen LogP contribution in [0.3, 0.4) is 0 Å². The molecule has 7 nitrogen and oxygen atoms in total. The third-order valence-corrected chi connectivity index (χ3v) is 3.68. The lowest BCUT2D eigenvalue weighted by Gasteiger charge is -2.12. The van der Waals surface area contributed by atoms with Crippen LogP contribution in [-0.4, -0.2) is 30.6 Å². The van der Waals surface area contributed by atoms with E-state index in [1.54, 1.807) is 12.1 Å². The van der Waals surface area contributed by atoms with Gasteiger partial charge in [0.15, 0.2) is 5.66 Å². The monoisotopic (exact) mass is 342 g/mol. The zero-order chi connectivity index (χ0) is 18.1. The fourth-order valence-electron chi connectivity index (χ4n) is 2.31. The van der Waals surface area contributed by atoms with Gasteiger partial charge in [-0.2, -0.15) is 10.2 Å². The first-order valence-corrected chi connectivity index (χ1v) is 8.18. The molecule has 1 aliphatic rings. The van der Waals surface area contributed by atoms with E-state index in [0.717, 1.165) is 0 Å². The summed E-state index contributed by atoms with van der Waals surface area (Å²) in [6, 6.07) is 7.15. The molecule has 0 aliphatic carbocycles. The molecule has 0 aromatic heterocycles. The Bertz CT molecular complexity index is 688. The summed E-state index contributed by atoms with van der Waals surface area (Å²) in [6.07, 6.45) is 7.46. The number of carbonyl (C=O) groups excluding carboxylic acids is 2. The highest BCUT2D eigenvalue weighted by atomic mass is 16.5. The van der Waals surface area contributed by atoms with Gasteiger partial charge in [0, 0.05) is 32.6 Å². The van der Waals surface area contributed by atoms with Crippen molar-refractivity contribution >= 4 is 17.5 Å². The van der Waals surface area contributed by atoms with Crippen LogP contribution in [0.25, 0.3) is 0 Å². The lowest BCUT2D eigenvalue weighted by Crippen LogP contribution is -2.29. The minimum atomic E-state index is -0.433. The molecule has 132 valence electrons. The Morgan fingerprint density at radius 1 is 1.28 bits per heavy atom. The van der Waals surface area contributed by atoms with Gasteiger partial charge in [0.2, 0.25) is 11.8 Å². The van der Waals surface area contributed by atoms with Crippen LogP contribution in [-0.2, 0) is 9.59 Å². The van der Waals surface area contributed by atoms with Crippen molar-refractivity contribution in [3.63, 3.8) is 0 Å². The molecule has 0 saturated carbocycles. The van der Waals surface area contributed by atoms with E-state index in [4.69, 9.17) is 11.2 Å². The third kappa shape index (κ3) is 6.26. The summed E-state index contributed by atoms with van der Waals surface area (Å²) in [5.41, 5.74) is 0.172. The van der Waals surface area contributed by atoms with Crippen molar-refractivity contribution in [3.8, 4) is 18.1 Å². The molecule has 2 amide bonds. The maximum absolute atomic E-state index is 11.9. The molecule has 1 heterocycles. The van der Waals surface area contributed by atoms with Crippen molar-refractivity contribution in [2.24, 2.45) is 10.2 Å². The fraction of sp³-hybridized carbons (Fsp3) is 0.444. The molecular weight excluding hydrogens is 320 g/mol. The molecular formula is C18H22N4O3. The van der Waals surface area contributed by atoms with Crippen LogP contribution in [0, 0.1) is 12.3 Å². The van der Waals surface area contributed by atoms with Crippen LogP contribution in [0.5, 0.6) is 5.75 Å². The van der Waals surface area contributed by atoms with Crippen molar-refractivity contribution < 1.29 is 14.3 Å². The highest BCUT2D eigenvalue weighted by Gasteiger charge is 2.39. The first-order valence-electron chi connectivity index (χ1n) is 8.18. The number of anilines is 1. The molecule has 0 unspecified atom stereocenters. The molecule has 2 N–H and O–H groups in total. The topological polar surface area (TPSA) is 92.2 Å². The Kier molecular flexibility index (Phi) is 6.52. The second-order valence-corrected chi connectivity index (χ2v) is 5.76. The van der Waals surface area contributed by atoms with E-state index in [1.165, 1.54) is 6.92 Å². The molecule has 1 aliphatic heterocycles. The summed E-state index contributed by atoms with van der Waals surface area (Å²) in [5, 5.41) is 13.5. The Balaban J connectivity index is 1.65. The van der Waals surface area contributed by atoms with Gasteiger partial charge < -0.3 is 15.4 Å². The van der Waals surface area contributed by atoms with Crippen LogP contribution in [0.4, 0.5) is 5.69 Å². The van der Waals surface area contributed by atoms with Crippen molar-refractivity contribution in [2.45, 2.75) is 38.3 Å². The number of benzene rings is 1. The molecule has 0 spiro atoms. The van der Waals surface area contributed by atoms with Gasteiger partial charge in [-0.1, -0.05) is 12.1 Å². The summed E-state index contributed by atoms with van der Waals surface area (Å²) in [6.45, 7) is 2.12. The molecule has 0 bridgehead atoms. The second-order valence-electron chi connectivity index (χ2n) is 5.76. The maximum atomic E-state index is 11.9. The molecule has 0 radical (unpaired) electrons. The summed E-state index contributed by atoms with van der Waals surface area (Å²) in [4.78, 5) is 23.0. The largest absolute Gasteiger partial charge is 0.490 e. The van der Waals surface area contributed by atoms with Gasteiger partial charge in [0.05, 0.1) is 12.2 Å². The Morgan fingerprint density at radius 3 is 2.72 bits per heavy atom. The van der Waals surface area contributed by atoms with E-state index < -0.39 is 5.66 Å². The van der Waals surface area contributed by atoms with Gasteiger partial charge in [-0.05, 0) is 12.1 Å². The normalized spacial score (nSPS) is 13.6. The second kappa shape index (κ2) is 8.83. The third-order valence-electron chi connectivity index (χ3n) is 3.68. The van der Waals surface area contributed by atoms with E-state index in [0.29, 0.717) is 50.3 Å². The van der Waals surface area contributed by atoms with Crippen molar-refractivity contribution in [1.29, 1.82) is 0 Å². The van der Waals surface area contributed by atoms with Crippen molar-refractivity contribution in [3.05, 3.63) is 24.3 Å². The first-order chi connectivity index (χ1) is 12.0. The molecule has 25 heavy (non-hydrogen) atoms. The minimum Gasteiger partial charge on any atom is -0.490 e. The molecule has 0 fully saturated rings. The van der Waals surface area contributed by atoms with Gasteiger partial charge in [-0.15, -0.1) is 12.3 Å². The van der Waals surface area contributed by atoms with Gasteiger partial charge >= 0.3 is 0 Å². The average molecular weight is 342 g/mol. The summed E-state index contributed by atoms with van der Waals surface area (Å²) in [7, 11) is 0. The SMILES string of the molecule is C#CCCC1(CCC(=O)NCCOc2ccccc2NC(C)=O)N=N1. The van der Waals surface area contributed by atoms with E-state index >= 15 is 0 Å². The average Bonchev–Trinajstić information content (AvgIpc) is 3.36. The number of hydrogen-bond acceptors (Lipinski definition) is 5. The summed E-state index contributed by atoms with van der Waals surface area (Å²) in [5.74, 6) is 2.89. The lowest BCUT2D eigenvalue weighted by molar-refractivity contribution is -0.121. The Morgan fingerprint density at radius 2 is 2.04 bits per heavy atom. The Hall–Kier alpha value is -2.88. The predicted octanol–water partition coefficient (Wildman–Crippen LogP) is 2.50. The lowest BCUT2D eigenvalue weighted by atomic mass is 10.0. The number of ether oxygens (including phenoxy) is 1. The van der Waals surface area contributed by atoms with Gasteiger partial charge in [0.1, 0.15) is 12.4 Å². The quantitative estimate of drug-likeness (QED) is 0.505. The first kappa shape index (κ1) is 18.5. The van der Waals surface area contributed by atoms with Crippen LogP contribution in [0.1, 0.15) is 32.6 Å². The Labute approximate surface area is 147 Å². The van der Waals surface area contributed by atoms with Gasteiger partial charge in [-0.3, -0.25) is 9.59 Å². The van der Waals surface area contributed by atoms with Gasteiger partial charge in [-0.25, -0.2) is 0 Å². The molecule has 0 atom stereocenters. The number of para-hydroxylation sites is 2. The number of nitrogens with one attached hydrogen (secondary N) is 2. The fourth-order valence-corrected chi connectivity index (χ4v) is 2.31. The highest BCUT2D eigenvalue weighted by Crippen LogP contribution is 2.37. The van der Waals surface area contributed by atoms with Crippen molar-refractivity contribution in [1.82, 2.24) is 5.32 Å². The number of amides is 2. The zero-order valence-electron chi connectivity index (χ0n) is 14.2. The molecule has 1 aromatic rings. The standard InChI is InChI=1S/C18H22N4O3/c1-3-4-10-18(21-22-18)11-9-17(24)19-12-13-25-16-8-6-5-7-15(16)20-14(2)23/h1,5-8H,4,9-13H2,2H3,(H,19,24)(H,20,23). The number of carbonyl (C=O) groups is 2. The minimum absolute atomic E-state index is 0.0730. The predicted molar refractivity (Wildman–Crippen MR) is 94.1 cm³/mol. The van der Waals surface area contributed by atoms with Crippen LogP contribution in [0.2, 0.25) is 0 Å². The van der Waals surface area contributed by atoms with Crippen molar-refractivity contribution in [2.75, 3.05) is 18.5 Å². The number of terminal acetylenes is 1. The number of hydrogen-bond donors (Lipinski definition) is 2. The highest BCUT2D eigenvalue weighted by molar-refractivity contribution is 5.90. The summed E-state index contributed by atoms with van der Waals surface area (Å²) >= 11 is 0. The zero-order valence-corrected chi connectivity index (χ0v) is 14.2. The van der Waals surface area contributed by atoms with Crippen LogP contribution in [0.15, 0.2) is 34.5 Å². The maximum Gasteiger partial charge on any atom is 0.221 e. The molecule has 0 saturated heterocycles. The number of nitrogens with zero attached hydrogens (tertiary/aromatic N) is 2. The van der Waals surface area contributed by atoms with E-state index in [-0.39, 0.29) is 11.8 Å². The van der Waals surface area contributed by atoms with E-state index in [1.807, 2.05) is 12.1 Å². The molecule has 2 rings (SSSR count). The smallest absolute Gasteiger partial charge is 0.221 e. The molecule has 1 aromatic carbocycles. The van der Waals surface area contributed by atoms with E-state index in [2.05, 4.69) is 26.8 Å². The van der Waals surface area contributed by atoms with Crippen LogP contribution < -0.4 is 15.4 Å². The summed E-state index contributed by atoms with van der Waals surface area (Å²) < 4.78 is 5.61. The number of rotatable bonds is 10.